The van der Waals surface area contributed by atoms with E-state index in [-0.39, 0.29) is 36.4 Å². The van der Waals surface area contributed by atoms with Gasteiger partial charge in [0.25, 0.3) is 5.91 Å². The number of amides is 2. The van der Waals surface area contributed by atoms with Gasteiger partial charge in [-0.3, -0.25) is 14.3 Å². The third-order valence-electron chi connectivity index (χ3n) is 7.29. The second-order valence-electron chi connectivity index (χ2n) is 10.2. The van der Waals surface area contributed by atoms with Gasteiger partial charge < -0.3 is 21.1 Å². The van der Waals surface area contributed by atoms with E-state index in [0.717, 1.165) is 16.8 Å². The molecule has 4 N–H and O–H groups in total. The molecule has 1 aliphatic heterocycles. The van der Waals surface area contributed by atoms with E-state index in [1.165, 1.54) is 12.1 Å². The van der Waals surface area contributed by atoms with Crippen molar-refractivity contribution in [1.29, 1.82) is 0 Å². The number of carbonyl (C=O) groups is 2. The minimum Gasteiger partial charge on any atom is -0.389 e. The third kappa shape index (κ3) is 5.41. The number of hydrogen-bond donors (Lipinski definition) is 3. The molecule has 3 aromatic rings. The van der Waals surface area contributed by atoms with Gasteiger partial charge in [-0.1, -0.05) is 43.4 Å². The van der Waals surface area contributed by atoms with Crippen LogP contribution in [-0.4, -0.2) is 38.1 Å². The predicted octanol–water partition coefficient (Wildman–Crippen LogP) is 4.17. The molecule has 2 amide bonds. The summed E-state index contributed by atoms with van der Waals surface area (Å²) < 4.78 is 15.6. The minimum absolute atomic E-state index is 0.0507. The molecule has 9 heteroatoms. The topological polar surface area (TPSA) is 113 Å². The van der Waals surface area contributed by atoms with E-state index < -0.39 is 12.0 Å². The Bertz CT molecular complexity index is 1490. The van der Waals surface area contributed by atoms with Crippen LogP contribution in [-0.2, 0) is 24.4 Å². The lowest BCUT2D eigenvalue weighted by Crippen LogP contribution is -2.39. The zero-order valence-electron chi connectivity index (χ0n) is 22.0. The molecule has 2 atom stereocenters. The molecule has 2 aliphatic rings. The normalized spacial score (nSPS) is 17.1. The van der Waals surface area contributed by atoms with Crippen LogP contribution in [0.3, 0.4) is 0 Å². The van der Waals surface area contributed by atoms with E-state index in [2.05, 4.69) is 5.32 Å². The molecular weight excluding hydrogens is 497 g/mol. The molecule has 202 valence electrons. The van der Waals surface area contributed by atoms with Crippen LogP contribution in [0.4, 0.5) is 10.1 Å². The van der Waals surface area contributed by atoms with E-state index >= 15 is 0 Å². The Labute approximate surface area is 226 Å². The lowest BCUT2D eigenvalue weighted by atomic mass is 9.94. The third-order valence-corrected chi connectivity index (χ3v) is 7.29. The standard InChI is InChI=1S/C30H32FN5O3/c1-18-15-35(30(39)20-6-3-4-7-20)17-26-27(29(38)33-25-9-5-8-21(13-25)19(2)37)34-36(28(18)26)16-22-10-11-24(31)12-23(22)14-32/h3-6,8-13,18-19,37H,7,14-17,32H2,1-2H3,(H,33,38)/t18?,19-/m0/s1. The highest BCUT2D eigenvalue weighted by Gasteiger charge is 2.35. The van der Waals surface area contributed by atoms with Crippen LogP contribution in [0.5, 0.6) is 0 Å². The Morgan fingerprint density at radius 3 is 2.77 bits per heavy atom. The number of fused-ring (bicyclic) bond motifs is 1. The van der Waals surface area contributed by atoms with Crippen molar-refractivity contribution >= 4 is 17.5 Å². The molecule has 0 fully saturated rings. The number of anilines is 1. The van der Waals surface area contributed by atoms with Crippen molar-refractivity contribution in [3.63, 3.8) is 0 Å². The number of aliphatic hydroxyl groups excluding tert-OH is 1. The summed E-state index contributed by atoms with van der Waals surface area (Å²) >= 11 is 0. The van der Waals surface area contributed by atoms with E-state index in [0.29, 0.717) is 41.9 Å². The molecule has 0 saturated carbocycles. The molecule has 5 rings (SSSR count). The zero-order chi connectivity index (χ0) is 27.7. The first-order valence-electron chi connectivity index (χ1n) is 13.1. The molecule has 1 aliphatic carbocycles. The number of nitrogens with zero attached hydrogens (tertiary/aromatic N) is 3. The molecule has 1 unspecified atom stereocenters. The molecule has 2 aromatic carbocycles. The number of halogens is 1. The van der Waals surface area contributed by atoms with Gasteiger partial charge in [0.1, 0.15) is 5.82 Å². The molecule has 8 nitrogen and oxygen atoms in total. The minimum atomic E-state index is -0.680. The number of rotatable bonds is 7. The summed E-state index contributed by atoms with van der Waals surface area (Å²) in [4.78, 5) is 28.6. The average molecular weight is 530 g/mol. The summed E-state index contributed by atoms with van der Waals surface area (Å²) in [6.45, 7) is 4.89. The van der Waals surface area contributed by atoms with Gasteiger partial charge in [0.05, 0.1) is 19.2 Å². The van der Waals surface area contributed by atoms with Crippen molar-refractivity contribution in [1.82, 2.24) is 14.7 Å². The second-order valence-corrected chi connectivity index (χ2v) is 10.2. The molecular formula is C30H32FN5O3. The first kappa shape index (κ1) is 26.5. The molecule has 0 saturated heterocycles. The summed E-state index contributed by atoms with van der Waals surface area (Å²) in [6, 6.07) is 11.5. The highest BCUT2D eigenvalue weighted by atomic mass is 19.1. The Kier molecular flexibility index (Phi) is 7.45. The van der Waals surface area contributed by atoms with E-state index in [4.69, 9.17) is 10.8 Å². The Hall–Kier alpha value is -4.08. The van der Waals surface area contributed by atoms with Crippen molar-refractivity contribution in [3.05, 3.63) is 106 Å². The predicted molar refractivity (Wildman–Crippen MR) is 146 cm³/mol. The van der Waals surface area contributed by atoms with Crippen molar-refractivity contribution in [2.45, 2.75) is 51.9 Å². The maximum Gasteiger partial charge on any atom is 0.276 e. The Balaban J connectivity index is 1.52. The lowest BCUT2D eigenvalue weighted by molar-refractivity contribution is -0.128. The highest BCUT2D eigenvalue weighted by Crippen LogP contribution is 2.33. The van der Waals surface area contributed by atoms with Gasteiger partial charge in [-0.15, -0.1) is 0 Å². The summed E-state index contributed by atoms with van der Waals surface area (Å²) in [5.74, 6) is -0.916. The summed E-state index contributed by atoms with van der Waals surface area (Å²) in [5.41, 5.74) is 11.1. The Morgan fingerprint density at radius 1 is 1.23 bits per heavy atom. The van der Waals surface area contributed by atoms with Crippen LogP contribution in [0.25, 0.3) is 0 Å². The van der Waals surface area contributed by atoms with Crippen molar-refractivity contribution < 1.29 is 19.1 Å². The molecule has 39 heavy (non-hydrogen) atoms. The molecule has 1 aromatic heterocycles. The van der Waals surface area contributed by atoms with Gasteiger partial charge in [0.15, 0.2) is 5.69 Å². The van der Waals surface area contributed by atoms with Crippen molar-refractivity contribution in [2.75, 3.05) is 11.9 Å². The van der Waals surface area contributed by atoms with Crippen LogP contribution >= 0.6 is 0 Å². The maximum absolute atomic E-state index is 13.9. The van der Waals surface area contributed by atoms with Gasteiger partial charge >= 0.3 is 0 Å². The number of nitrogens with one attached hydrogen (secondary N) is 1. The highest BCUT2D eigenvalue weighted by molar-refractivity contribution is 6.04. The fourth-order valence-corrected chi connectivity index (χ4v) is 5.33. The fraction of sp³-hybridized carbons (Fsp3) is 0.300. The number of hydrogen-bond acceptors (Lipinski definition) is 5. The van der Waals surface area contributed by atoms with Gasteiger partial charge in [0, 0.05) is 41.5 Å². The summed E-state index contributed by atoms with van der Waals surface area (Å²) in [5, 5.41) is 17.6. The van der Waals surface area contributed by atoms with Crippen molar-refractivity contribution in [2.24, 2.45) is 5.73 Å². The Morgan fingerprint density at radius 2 is 2.05 bits per heavy atom. The van der Waals surface area contributed by atoms with Crippen LogP contribution in [0.2, 0.25) is 0 Å². The first-order chi connectivity index (χ1) is 18.7. The smallest absolute Gasteiger partial charge is 0.276 e. The van der Waals surface area contributed by atoms with Crippen LogP contribution in [0, 0.1) is 5.82 Å². The van der Waals surface area contributed by atoms with Gasteiger partial charge in [-0.25, -0.2) is 4.39 Å². The first-order valence-corrected chi connectivity index (χ1v) is 13.1. The van der Waals surface area contributed by atoms with Crippen LogP contribution in [0.15, 0.2) is 66.3 Å². The second kappa shape index (κ2) is 11.0. The largest absolute Gasteiger partial charge is 0.389 e. The fourth-order valence-electron chi connectivity index (χ4n) is 5.33. The average Bonchev–Trinajstić information content (AvgIpc) is 3.58. The van der Waals surface area contributed by atoms with E-state index in [1.807, 2.05) is 25.2 Å². The number of allylic oxidation sites excluding steroid dienone is 3. The van der Waals surface area contributed by atoms with Crippen LogP contribution in [0.1, 0.15) is 70.7 Å². The molecule has 0 bridgehead atoms. The van der Waals surface area contributed by atoms with E-state index in [9.17, 15) is 19.1 Å². The maximum atomic E-state index is 13.9. The monoisotopic (exact) mass is 529 g/mol. The quantitative estimate of drug-likeness (QED) is 0.425. The number of benzene rings is 2. The van der Waals surface area contributed by atoms with Gasteiger partial charge in [-0.05, 0) is 54.3 Å². The number of aliphatic hydroxyl groups is 1. The molecule has 2 heterocycles. The number of aromatic nitrogens is 2. The van der Waals surface area contributed by atoms with Crippen LogP contribution < -0.4 is 11.1 Å². The van der Waals surface area contributed by atoms with Gasteiger partial charge in [-0.2, -0.15) is 5.10 Å². The lowest BCUT2D eigenvalue weighted by Gasteiger charge is -2.32. The van der Waals surface area contributed by atoms with E-state index in [1.54, 1.807) is 46.8 Å². The molecule has 0 radical (unpaired) electrons. The van der Waals surface area contributed by atoms with Crippen molar-refractivity contribution in [3.8, 4) is 0 Å². The SMILES string of the molecule is CC1CN(C(=O)C2=CC=CC2)Cc2c(C(=O)Nc3cccc([C@H](C)O)c3)nn(Cc3ccc(F)cc3CN)c21. The zero-order valence-corrected chi connectivity index (χ0v) is 22.0. The van der Waals surface area contributed by atoms with Gasteiger partial charge in [0.2, 0.25) is 5.91 Å². The number of carbonyl (C=O) groups excluding carboxylic acids is 2. The number of nitrogens with two attached hydrogens (primary N) is 1. The summed E-state index contributed by atoms with van der Waals surface area (Å²) in [7, 11) is 0. The molecule has 0 spiro atoms. The summed E-state index contributed by atoms with van der Waals surface area (Å²) in [6.07, 6.45) is 5.57.